The summed E-state index contributed by atoms with van der Waals surface area (Å²) in [5, 5.41) is 8.10. The van der Waals surface area contributed by atoms with Crippen LogP contribution >= 0.6 is 15.9 Å². The molecule has 2 heterocycles. The number of rotatable bonds is 8. The minimum absolute atomic E-state index is 0.0481. The fraction of sp³-hybridized carbons (Fsp3) is 0.484. The molecule has 2 atom stereocenters. The van der Waals surface area contributed by atoms with Gasteiger partial charge in [0.25, 0.3) is 0 Å². The summed E-state index contributed by atoms with van der Waals surface area (Å²) in [4.78, 5) is 53.9. The second-order valence-corrected chi connectivity index (χ2v) is 15.4. The molecule has 0 radical (unpaired) electrons. The number of hydrogen-bond donors (Lipinski definition) is 3. The predicted molar refractivity (Wildman–Crippen MR) is 173 cm³/mol. The van der Waals surface area contributed by atoms with Gasteiger partial charge in [-0.1, -0.05) is 28.1 Å². The number of benzene rings is 2. The normalized spacial score (nSPS) is 19.2. The van der Waals surface area contributed by atoms with Crippen molar-refractivity contribution < 1.29 is 32.3 Å². The molecule has 2 fully saturated rings. The maximum absolute atomic E-state index is 13.9. The smallest absolute Gasteiger partial charge is 0.408 e. The quantitative estimate of drug-likeness (QED) is 0.366. The van der Waals surface area contributed by atoms with E-state index in [4.69, 9.17) is 4.74 Å². The highest BCUT2D eigenvalue weighted by Crippen LogP contribution is 2.32. The fourth-order valence-electron chi connectivity index (χ4n) is 5.44. The maximum Gasteiger partial charge on any atom is 0.408 e. The van der Waals surface area contributed by atoms with Crippen molar-refractivity contribution in [3.8, 4) is 0 Å². The third kappa shape index (κ3) is 8.22. The first kappa shape index (κ1) is 34.4. The minimum atomic E-state index is -4.20. The maximum atomic E-state index is 13.9. The molecule has 2 aliphatic heterocycles. The van der Waals surface area contributed by atoms with Crippen LogP contribution in [-0.4, -0.2) is 77.8 Å². The van der Waals surface area contributed by atoms with Crippen molar-refractivity contribution in [3.63, 3.8) is 0 Å². The largest absolute Gasteiger partial charge is 0.444 e. The number of anilines is 2. The molecule has 244 valence electrons. The molecular formula is C31H40BrN5O7S. The SMILES string of the molecule is CC(C)(C)OC(=O)NC(C)(C)C(=O)N1CCC[C@H]1C(=O)Nc1ccccc1S(=O)(=O)N1CCC[C@H]1C(=O)Nc1ccc(Br)cc1. The van der Waals surface area contributed by atoms with E-state index >= 15 is 0 Å². The summed E-state index contributed by atoms with van der Waals surface area (Å²) >= 11 is 3.35. The van der Waals surface area contributed by atoms with E-state index in [1.54, 1.807) is 57.2 Å². The number of carbonyl (C=O) groups is 4. The first-order valence-corrected chi connectivity index (χ1v) is 17.0. The number of ether oxygens (including phenoxy) is 1. The van der Waals surface area contributed by atoms with Gasteiger partial charge in [0.1, 0.15) is 28.1 Å². The number of hydrogen-bond acceptors (Lipinski definition) is 7. The second-order valence-electron chi connectivity index (χ2n) is 12.7. The van der Waals surface area contributed by atoms with Gasteiger partial charge in [0.15, 0.2) is 0 Å². The fourth-order valence-corrected chi connectivity index (χ4v) is 7.51. The lowest BCUT2D eigenvalue weighted by atomic mass is 10.0. The van der Waals surface area contributed by atoms with E-state index in [1.165, 1.54) is 35.2 Å². The van der Waals surface area contributed by atoms with Gasteiger partial charge in [-0.25, -0.2) is 13.2 Å². The molecule has 0 spiro atoms. The Balaban J connectivity index is 1.50. The third-order valence-electron chi connectivity index (χ3n) is 7.51. The van der Waals surface area contributed by atoms with Gasteiger partial charge in [-0.05, 0) is 96.7 Å². The van der Waals surface area contributed by atoms with Crippen molar-refractivity contribution in [2.45, 2.75) is 88.4 Å². The van der Waals surface area contributed by atoms with Crippen LogP contribution in [0.4, 0.5) is 16.2 Å². The summed E-state index contributed by atoms with van der Waals surface area (Å²) < 4.78 is 35.2. The summed E-state index contributed by atoms with van der Waals surface area (Å²) in [5.41, 5.74) is -1.54. The molecule has 2 aromatic carbocycles. The van der Waals surface area contributed by atoms with E-state index in [2.05, 4.69) is 31.9 Å². The van der Waals surface area contributed by atoms with Crippen LogP contribution in [0.5, 0.6) is 0 Å². The van der Waals surface area contributed by atoms with Gasteiger partial charge in [0.05, 0.1) is 5.69 Å². The Morgan fingerprint density at radius 3 is 2.11 bits per heavy atom. The average Bonchev–Trinajstić information content (AvgIpc) is 3.64. The monoisotopic (exact) mass is 705 g/mol. The molecule has 14 heteroatoms. The van der Waals surface area contributed by atoms with Crippen LogP contribution in [0.2, 0.25) is 0 Å². The number of para-hydroxylation sites is 1. The zero-order valence-corrected chi connectivity index (χ0v) is 28.5. The molecular weight excluding hydrogens is 666 g/mol. The Hall–Kier alpha value is -3.49. The number of nitrogens with zero attached hydrogens (tertiary/aromatic N) is 2. The van der Waals surface area contributed by atoms with Crippen molar-refractivity contribution in [1.29, 1.82) is 0 Å². The lowest BCUT2D eigenvalue weighted by Gasteiger charge is -2.33. The molecule has 0 bridgehead atoms. The van der Waals surface area contributed by atoms with Crippen molar-refractivity contribution in [3.05, 3.63) is 53.0 Å². The molecule has 2 aromatic rings. The van der Waals surface area contributed by atoms with Gasteiger partial charge >= 0.3 is 6.09 Å². The molecule has 0 unspecified atom stereocenters. The number of carbonyl (C=O) groups excluding carboxylic acids is 4. The molecule has 0 saturated carbocycles. The first-order valence-electron chi connectivity index (χ1n) is 14.8. The van der Waals surface area contributed by atoms with Gasteiger partial charge < -0.3 is 25.6 Å². The van der Waals surface area contributed by atoms with Crippen LogP contribution < -0.4 is 16.0 Å². The van der Waals surface area contributed by atoms with Gasteiger partial charge in [-0.2, -0.15) is 4.31 Å². The zero-order chi connectivity index (χ0) is 33.2. The van der Waals surface area contributed by atoms with Gasteiger partial charge in [-0.3, -0.25) is 14.4 Å². The van der Waals surface area contributed by atoms with E-state index in [0.717, 1.165) is 4.47 Å². The molecule has 2 saturated heterocycles. The summed E-state index contributed by atoms with van der Waals surface area (Å²) in [6, 6.07) is 11.2. The highest BCUT2D eigenvalue weighted by molar-refractivity contribution is 9.10. The van der Waals surface area contributed by atoms with E-state index in [0.29, 0.717) is 37.9 Å². The van der Waals surface area contributed by atoms with Crippen LogP contribution in [0, 0.1) is 0 Å². The lowest BCUT2D eigenvalue weighted by Crippen LogP contribution is -2.58. The standard InChI is InChI=1S/C31H40BrN5O7S/c1-30(2,3)44-29(41)35-31(4,5)28(40)36-18-8-11-23(36)26(38)34-22-10-6-7-13-25(22)45(42,43)37-19-9-12-24(37)27(39)33-21-16-14-20(32)15-17-21/h6-7,10,13-17,23-24H,8-9,11-12,18-19H2,1-5H3,(H,33,39)(H,34,38)(H,35,41)/t23-,24-/m0/s1. The van der Waals surface area contributed by atoms with Crippen molar-refractivity contribution in [1.82, 2.24) is 14.5 Å². The highest BCUT2D eigenvalue weighted by atomic mass is 79.9. The number of halogens is 1. The van der Waals surface area contributed by atoms with Gasteiger partial charge in [0, 0.05) is 23.2 Å². The average molecular weight is 707 g/mol. The molecule has 0 aromatic heterocycles. The van der Waals surface area contributed by atoms with Crippen molar-refractivity contribution in [2.75, 3.05) is 23.7 Å². The summed E-state index contributed by atoms with van der Waals surface area (Å²) in [5.74, 6) is -1.46. The Kier molecular flexibility index (Phi) is 10.3. The topological polar surface area (TPSA) is 154 Å². The van der Waals surface area contributed by atoms with Crippen LogP contribution in [0.25, 0.3) is 0 Å². The van der Waals surface area contributed by atoms with E-state index in [9.17, 15) is 27.6 Å². The Labute approximate surface area is 272 Å². The third-order valence-corrected chi connectivity index (χ3v) is 10.0. The summed E-state index contributed by atoms with van der Waals surface area (Å²) in [7, 11) is -4.20. The minimum Gasteiger partial charge on any atom is -0.444 e. The lowest BCUT2D eigenvalue weighted by molar-refractivity contribution is -0.141. The van der Waals surface area contributed by atoms with Gasteiger partial charge in [-0.15, -0.1) is 0 Å². The molecule has 2 aliphatic rings. The Morgan fingerprint density at radius 2 is 1.44 bits per heavy atom. The highest BCUT2D eigenvalue weighted by Gasteiger charge is 2.43. The number of sulfonamides is 1. The molecule has 4 amide bonds. The number of alkyl carbamates (subject to hydrolysis) is 1. The Bertz CT molecular complexity index is 1560. The molecule has 4 rings (SSSR count). The molecule has 45 heavy (non-hydrogen) atoms. The molecule has 3 N–H and O–H groups in total. The van der Waals surface area contributed by atoms with Gasteiger partial charge in [0.2, 0.25) is 27.7 Å². The molecule has 12 nitrogen and oxygen atoms in total. The first-order chi connectivity index (χ1) is 21.0. The Morgan fingerprint density at radius 1 is 0.844 bits per heavy atom. The van der Waals surface area contributed by atoms with E-state index < -0.39 is 57.1 Å². The van der Waals surface area contributed by atoms with E-state index in [-0.39, 0.29) is 17.1 Å². The zero-order valence-electron chi connectivity index (χ0n) is 26.1. The molecule has 0 aliphatic carbocycles. The van der Waals surface area contributed by atoms with Crippen LogP contribution in [0.3, 0.4) is 0 Å². The van der Waals surface area contributed by atoms with Crippen LogP contribution in [-0.2, 0) is 29.1 Å². The van der Waals surface area contributed by atoms with Crippen molar-refractivity contribution in [2.24, 2.45) is 0 Å². The number of amides is 4. The van der Waals surface area contributed by atoms with Crippen LogP contribution in [0.15, 0.2) is 57.9 Å². The van der Waals surface area contributed by atoms with E-state index in [1.807, 2.05) is 0 Å². The van der Waals surface area contributed by atoms with Crippen LogP contribution in [0.1, 0.15) is 60.3 Å². The predicted octanol–water partition coefficient (Wildman–Crippen LogP) is 4.47. The second kappa shape index (κ2) is 13.5. The summed E-state index contributed by atoms with van der Waals surface area (Å²) in [6.07, 6.45) is 1.00. The summed E-state index contributed by atoms with van der Waals surface area (Å²) in [6.45, 7) is 8.64. The van der Waals surface area contributed by atoms with Crippen molar-refractivity contribution >= 4 is 61.1 Å². The number of nitrogens with one attached hydrogen (secondary N) is 3. The number of likely N-dealkylation sites (tertiary alicyclic amines) is 1.